The van der Waals surface area contributed by atoms with Gasteiger partial charge in [0.15, 0.2) is 0 Å². The maximum Gasteiger partial charge on any atom is 0.267 e. The molecule has 125 heavy (non-hydrogen) atoms. The van der Waals surface area contributed by atoms with Crippen LogP contribution in [0.25, 0.3) is 41.0 Å². The van der Waals surface area contributed by atoms with Crippen LogP contribution >= 0.6 is 45.3 Å². The number of nitrogens with one attached hydrogen (secondary N) is 8. The van der Waals surface area contributed by atoms with Gasteiger partial charge in [-0.25, -0.2) is 56.8 Å². The molecule has 6 atom stereocenters. The van der Waals surface area contributed by atoms with Crippen LogP contribution in [0.2, 0.25) is 0 Å². The van der Waals surface area contributed by atoms with Gasteiger partial charge in [0.05, 0.1) is 83.2 Å². The highest BCUT2D eigenvalue weighted by atomic mass is 32.1. The number of fused-ring (bicyclic) bond motifs is 8. The van der Waals surface area contributed by atoms with Gasteiger partial charge < -0.3 is 94.2 Å². The fourth-order valence-electron chi connectivity index (χ4n) is 16.7. The van der Waals surface area contributed by atoms with E-state index in [9.17, 15) is 41.1 Å². The van der Waals surface area contributed by atoms with Gasteiger partial charge in [0.2, 0.25) is 0 Å². The first-order valence-corrected chi connectivity index (χ1v) is 44.7. The number of amides is 4. The van der Waals surface area contributed by atoms with Gasteiger partial charge in [0.1, 0.15) is 111 Å². The van der Waals surface area contributed by atoms with E-state index in [2.05, 4.69) is 87.2 Å². The zero-order chi connectivity index (χ0) is 87.1. The van der Waals surface area contributed by atoms with E-state index in [1.54, 1.807) is 37.4 Å². The molecule has 0 saturated carbocycles. The molecule has 8 aliphatic heterocycles. The van der Waals surface area contributed by atoms with Crippen LogP contribution in [0.1, 0.15) is 120 Å². The largest absolute Gasteiger partial charge is 0.491 e. The highest BCUT2D eigenvalue weighted by molar-refractivity contribution is 7.22. The highest BCUT2D eigenvalue weighted by Gasteiger charge is 2.45. The molecule has 0 unspecified atom stereocenters. The lowest BCUT2D eigenvalue weighted by Crippen LogP contribution is -2.45. The summed E-state index contributed by atoms with van der Waals surface area (Å²) in [5.41, 5.74) is 34.5. The molecule has 4 fully saturated rings. The molecule has 4 saturated heterocycles. The minimum absolute atomic E-state index is 0.149. The topological polar surface area (TPSA) is 402 Å². The number of thiophene rings is 4. The van der Waals surface area contributed by atoms with Crippen LogP contribution in [0.5, 0.6) is 23.0 Å². The molecular weight excluding hydrogens is 1690 g/mol. The van der Waals surface area contributed by atoms with E-state index >= 15 is 0 Å². The molecule has 10 aromatic heterocycles. The Hall–Kier alpha value is -11.5. The van der Waals surface area contributed by atoms with E-state index in [0.717, 1.165) is 135 Å². The maximum atomic E-state index is 14.3. The molecule has 18 heterocycles. The van der Waals surface area contributed by atoms with Crippen LogP contribution in [0.3, 0.4) is 0 Å². The van der Waals surface area contributed by atoms with Crippen LogP contribution in [0.4, 0.5) is 56.3 Å². The van der Waals surface area contributed by atoms with Gasteiger partial charge in [0.25, 0.3) is 35.5 Å². The van der Waals surface area contributed by atoms with Crippen molar-refractivity contribution in [3.63, 3.8) is 0 Å². The Kier molecular flexibility index (Phi) is 24.8. The van der Waals surface area contributed by atoms with Crippen molar-refractivity contribution in [1.29, 1.82) is 0 Å². The number of piperidine rings is 2. The molecule has 29 nitrogen and oxygen atoms in total. The van der Waals surface area contributed by atoms with E-state index in [1.807, 2.05) is 81.7 Å². The highest BCUT2D eigenvalue weighted by Crippen LogP contribution is 2.44. The second-order valence-electron chi connectivity index (χ2n) is 32.4. The van der Waals surface area contributed by atoms with Gasteiger partial charge in [-0.05, 0) is 131 Å². The van der Waals surface area contributed by atoms with Crippen molar-refractivity contribution in [2.24, 2.45) is 0 Å². The van der Waals surface area contributed by atoms with Gasteiger partial charge in [-0.1, -0.05) is 24.3 Å². The number of hydrogen-bond acceptors (Lipinski definition) is 29. The van der Waals surface area contributed by atoms with E-state index in [1.165, 1.54) is 51.4 Å². The lowest BCUT2D eigenvalue weighted by Gasteiger charge is -2.33. The summed E-state index contributed by atoms with van der Waals surface area (Å²) in [5.74, 6) is -3.95. The van der Waals surface area contributed by atoms with Crippen molar-refractivity contribution in [3.05, 3.63) is 179 Å². The Morgan fingerprint density at radius 1 is 0.424 bits per heavy atom. The first-order valence-electron chi connectivity index (χ1n) is 41.5. The number of ether oxygens (including phenoxy) is 4. The third-order valence-corrected chi connectivity index (χ3v) is 27.8. The molecule has 0 bridgehead atoms. The Balaban J connectivity index is 0.000000118. The minimum Gasteiger partial charge on any atom is -0.491 e. The van der Waals surface area contributed by atoms with Crippen LogP contribution in [0.15, 0.2) is 97.5 Å². The third-order valence-electron chi connectivity index (χ3n) is 23.4. The number of nitrogens with two attached hydrogens (primary N) is 4. The Bertz CT molecular complexity index is 5940. The number of nitrogens with zero attached hydrogens (tertiary/aromatic N) is 9. The number of carbonyl (C=O) groups excluding carboxylic acids is 4. The van der Waals surface area contributed by atoms with E-state index in [-0.39, 0.29) is 85.5 Å². The lowest BCUT2D eigenvalue weighted by atomic mass is 9.86. The third kappa shape index (κ3) is 18.6. The number of nitrogen functional groups attached to an aromatic ring is 4. The summed E-state index contributed by atoms with van der Waals surface area (Å²) in [6.07, 6.45) is 8.51. The van der Waals surface area contributed by atoms with Crippen LogP contribution in [-0.4, -0.2) is 199 Å². The smallest absolute Gasteiger partial charge is 0.267 e. The second-order valence-corrected chi connectivity index (χ2v) is 36.4. The monoisotopic (exact) mass is 1780 g/mol. The van der Waals surface area contributed by atoms with Crippen LogP contribution in [0, 0.1) is 33.5 Å². The maximum absolute atomic E-state index is 14.3. The van der Waals surface area contributed by atoms with Gasteiger partial charge in [-0.2, -0.15) is 0 Å². The first kappa shape index (κ1) is 85.6. The van der Waals surface area contributed by atoms with Crippen molar-refractivity contribution in [1.82, 2.24) is 77.4 Å². The van der Waals surface area contributed by atoms with Crippen molar-refractivity contribution in [3.8, 4) is 23.0 Å². The number of pyridine rings is 5. The predicted molar refractivity (Wildman–Crippen MR) is 477 cm³/mol. The summed E-state index contributed by atoms with van der Waals surface area (Å²) in [5, 5.41) is 26.2. The summed E-state index contributed by atoms with van der Waals surface area (Å²) in [6, 6.07) is 22.6. The molecule has 20 rings (SSSR count). The summed E-state index contributed by atoms with van der Waals surface area (Å²) in [6.45, 7) is 16.6. The Morgan fingerprint density at radius 2 is 0.800 bits per heavy atom. The van der Waals surface area contributed by atoms with E-state index in [0.29, 0.717) is 145 Å². The first-order chi connectivity index (χ1) is 60.2. The number of aromatic nitrogens is 7. The Labute approximate surface area is 731 Å². The molecule has 12 aromatic rings. The molecule has 2 aromatic carbocycles. The number of benzene rings is 2. The van der Waals surface area contributed by atoms with Crippen LogP contribution in [-0.2, 0) is 25.7 Å². The molecule has 654 valence electrons. The molecule has 16 N–H and O–H groups in total. The van der Waals surface area contributed by atoms with Gasteiger partial charge in [-0.3, -0.25) is 19.2 Å². The Morgan fingerprint density at radius 3 is 1.22 bits per heavy atom. The number of rotatable bonds is 12. The van der Waals surface area contributed by atoms with Crippen LogP contribution < -0.4 is 94.2 Å². The molecule has 0 aliphatic carbocycles. The molecule has 0 spiro atoms. The predicted octanol–water partition coefficient (Wildman–Crippen LogP) is 10.2. The molecule has 0 radical (unpaired) electrons. The quantitative estimate of drug-likeness (QED) is 0.0506. The lowest BCUT2D eigenvalue weighted by molar-refractivity contribution is -0.0425. The fourth-order valence-corrected chi connectivity index (χ4v) is 20.8. The second kappa shape index (κ2) is 36.2. The minimum atomic E-state index is -2.78. The number of alkyl halides is 4. The number of anilines is 6. The summed E-state index contributed by atoms with van der Waals surface area (Å²) >= 11 is 4.98. The fraction of sp³-hybridized carbons (Fsp3) is 0.391. The molecule has 4 amide bonds. The summed E-state index contributed by atoms with van der Waals surface area (Å²) in [4.78, 5) is 91.3. The van der Waals surface area contributed by atoms with Crippen molar-refractivity contribution in [2.75, 3.05) is 138 Å². The number of piperazine rings is 2. The average molecular weight is 1790 g/mol. The van der Waals surface area contributed by atoms with Crippen molar-refractivity contribution >= 4 is 144 Å². The molecular formula is C87H94F5N21O8S4. The van der Waals surface area contributed by atoms with Crippen molar-refractivity contribution in [2.45, 2.75) is 114 Å². The standard InChI is InChI=1S/2C23H24F2N4O2S.C21H23FN6O2S.C20H23N7O2S/c2*1-12-2-5-16-19(26)20(32-22(16)28-12)21(30)29-15-8-14-4-3-13(9-18(14)31-10-15)17-6-7-27-11-23(17,24)25;1-11-15(22)7-14-18(23)19(31-21(14)26-11)20(29)27-13-6-12-9-25-17(8-16(12)30-10-13)28-4-2-24-3-5-28;1-11-8-24-17-16(21)18(30-20(17)25-11)19(28)26-13-6-12-9-23-15(7-14(12)29-10-13)27-4-2-22-3-5-27/h2*2-5,9,15,17,27H,6-8,10-11,26H2,1H3,(H,29,30);7-9,13,24H,2-6,10,23H2,1H3,(H,27,29);7-9,13,22H,2-6,10,21H2,1H3,(H,26,28)/t15-,17+;15-,17-;2*13-/m1111/s1. The number of aryl methyl sites for hydroxylation is 4. The van der Waals surface area contributed by atoms with Crippen molar-refractivity contribution < 1.29 is 60.1 Å². The van der Waals surface area contributed by atoms with E-state index in [4.69, 9.17) is 41.9 Å². The number of carbonyl (C=O) groups is 4. The number of hydrogen-bond donors (Lipinski definition) is 12. The zero-order valence-electron chi connectivity index (χ0n) is 68.9. The van der Waals surface area contributed by atoms with Gasteiger partial charge in [0, 0.05) is 135 Å². The number of halogens is 5. The summed E-state index contributed by atoms with van der Waals surface area (Å²) in [7, 11) is 0. The molecule has 38 heteroatoms. The van der Waals surface area contributed by atoms with E-state index < -0.39 is 29.5 Å². The molecule has 8 aliphatic rings. The van der Waals surface area contributed by atoms with Gasteiger partial charge in [-0.15, -0.1) is 45.3 Å². The average Bonchev–Trinajstić information content (AvgIpc) is 1.71. The SMILES string of the molecule is Cc1ccc2c(N)c(C(=O)N[C@H]3COc4cc([C@@H]5CCNCC5(F)F)ccc4C3)sc2n1.Cc1ccc2c(N)c(C(=O)N[C@H]3COc4cc([C@H]5CCNCC5(F)F)ccc4C3)sc2n1.Cc1cnc2c(N)c(C(=O)N[C@H]3COc4cc(N5CCNCC5)ncc4C3)sc2n1.Cc1nc2sc(C(=O)N[C@H]3COc4cc(N5CCNCC5)ncc4C3)c(N)c2cc1F. The van der Waals surface area contributed by atoms with Gasteiger partial charge >= 0.3 is 0 Å². The normalized spacial score (nSPS) is 20.5. The summed E-state index contributed by atoms with van der Waals surface area (Å²) < 4.78 is 94.8. The zero-order valence-corrected chi connectivity index (χ0v) is 72.1.